The molecule has 0 unspecified atom stereocenters. The first-order valence-corrected chi connectivity index (χ1v) is 9.35. The third kappa shape index (κ3) is 5.50. The fourth-order valence-electron chi connectivity index (χ4n) is 2.46. The first-order chi connectivity index (χ1) is 14.1. The molecule has 0 heterocycles. The van der Waals surface area contributed by atoms with E-state index in [1.807, 2.05) is 12.1 Å². The van der Waals surface area contributed by atoms with E-state index in [1.54, 1.807) is 30.3 Å². The second kappa shape index (κ2) is 9.62. The van der Waals surface area contributed by atoms with E-state index in [0.717, 1.165) is 11.1 Å². The number of nitrogens with zero attached hydrogens (tertiary/aromatic N) is 2. The van der Waals surface area contributed by atoms with Gasteiger partial charge in [-0.1, -0.05) is 18.2 Å². The number of hydrogen-bond acceptors (Lipinski definition) is 4. The maximum absolute atomic E-state index is 12.9. The Hall–Kier alpha value is -3.50. The number of amides is 1. The zero-order chi connectivity index (χ0) is 20.6. The molecule has 0 aliphatic rings. The average molecular weight is 452 g/mol. The molecule has 0 spiro atoms. The van der Waals surface area contributed by atoms with Crippen LogP contribution in [0.3, 0.4) is 0 Å². The summed E-state index contributed by atoms with van der Waals surface area (Å²) < 4.78 is 19.4. The van der Waals surface area contributed by atoms with Gasteiger partial charge in [0.2, 0.25) is 0 Å². The van der Waals surface area contributed by atoms with E-state index in [1.165, 1.54) is 30.5 Å². The van der Waals surface area contributed by atoms with E-state index < -0.39 is 11.7 Å². The first kappa shape index (κ1) is 20.2. The zero-order valence-electron chi connectivity index (χ0n) is 15.1. The topological polar surface area (TPSA) is 74.5 Å². The molecule has 0 saturated carbocycles. The normalized spacial score (nSPS) is 10.5. The number of benzene rings is 3. The van der Waals surface area contributed by atoms with Crippen molar-refractivity contribution in [2.24, 2.45) is 5.10 Å². The molecule has 3 aromatic carbocycles. The van der Waals surface area contributed by atoms with Crippen LogP contribution in [0.1, 0.15) is 27.0 Å². The molecule has 7 heteroatoms. The summed E-state index contributed by atoms with van der Waals surface area (Å²) in [5.74, 6) is -0.227. The lowest BCUT2D eigenvalue weighted by atomic mass is 10.1. The molecule has 144 valence electrons. The average Bonchev–Trinajstić information content (AvgIpc) is 2.73. The molecular formula is C22H15BrFN3O2. The molecule has 0 bridgehead atoms. The van der Waals surface area contributed by atoms with Gasteiger partial charge >= 0.3 is 0 Å². The smallest absolute Gasteiger partial charge is 0.271 e. The predicted molar refractivity (Wildman–Crippen MR) is 111 cm³/mol. The standard InChI is InChI=1S/C22H15BrFN3O2/c23-20-11-15(13-26-27-22(28)16-6-8-19(24)9-7-16)5-10-21(20)29-14-18-4-2-1-3-17(18)12-25/h1-11,13H,14H2,(H,27,28)/b26-13-. The van der Waals surface area contributed by atoms with Gasteiger partial charge in [0.25, 0.3) is 5.91 Å². The molecule has 1 amide bonds. The van der Waals surface area contributed by atoms with Crippen LogP contribution in [0.2, 0.25) is 0 Å². The first-order valence-electron chi connectivity index (χ1n) is 8.56. The number of hydrazone groups is 1. The predicted octanol–water partition coefficient (Wildman–Crippen LogP) is 4.80. The molecule has 0 radical (unpaired) electrons. The molecule has 0 aliphatic heterocycles. The van der Waals surface area contributed by atoms with Gasteiger partial charge < -0.3 is 4.74 Å². The Labute approximate surface area is 175 Å². The number of nitriles is 1. The second-order valence-electron chi connectivity index (χ2n) is 5.95. The molecule has 0 aromatic heterocycles. The van der Waals surface area contributed by atoms with Crippen molar-refractivity contribution in [3.05, 3.63) is 99.3 Å². The monoisotopic (exact) mass is 451 g/mol. The number of rotatable bonds is 6. The van der Waals surface area contributed by atoms with Crippen LogP contribution in [0.5, 0.6) is 5.75 Å². The summed E-state index contributed by atoms with van der Waals surface area (Å²) >= 11 is 3.45. The second-order valence-corrected chi connectivity index (χ2v) is 6.81. The van der Waals surface area contributed by atoms with Crippen LogP contribution in [-0.2, 0) is 6.61 Å². The number of carbonyl (C=O) groups is 1. The Kier molecular flexibility index (Phi) is 6.72. The number of hydrogen-bond donors (Lipinski definition) is 1. The lowest BCUT2D eigenvalue weighted by molar-refractivity contribution is 0.0955. The van der Waals surface area contributed by atoms with Crippen molar-refractivity contribution >= 4 is 28.1 Å². The Morgan fingerprint density at radius 1 is 1.17 bits per heavy atom. The van der Waals surface area contributed by atoms with Crippen molar-refractivity contribution in [3.8, 4) is 11.8 Å². The number of halogens is 2. The van der Waals surface area contributed by atoms with Gasteiger partial charge in [0.15, 0.2) is 0 Å². The van der Waals surface area contributed by atoms with E-state index >= 15 is 0 Å². The largest absolute Gasteiger partial charge is 0.488 e. The molecule has 29 heavy (non-hydrogen) atoms. The van der Waals surface area contributed by atoms with Gasteiger partial charge in [-0.05, 0) is 70.0 Å². The van der Waals surface area contributed by atoms with Gasteiger partial charge in [-0.2, -0.15) is 10.4 Å². The summed E-state index contributed by atoms with van der Waals surface area (Å²) in [5, 5.41) is 13.0. The molecule has 1 N–H and O–H groups in total. The highest BCUT2D eigenvalue weighted by Gasteiger charge is 2.06. The minimum Gasteiger partial charge on any atom is -0.488 e. The molecular weight excluding hydrogens is 437 g/mol. The maximum atomic E-state index is 12.9. The van der Waals surface area contributed by atoms with Crippen molar-refractivity contribution in [3.63, 3.8) is 0 Å². The van der Waals surface area contributed by atoms with Crippen LogP contribution in [0.4, 0.5) is 4.39 Å². The number of ether oxygens (including phenoxy) is 1. The Balaban J connectivity index is 1.60. The molecule has 3 rings (SSSR count). The molecule has 0 saturated heterocycles. The quantitative estimate of drug-likeness (QED) is 0.431. The van der Waals surface area contributed by atoms with Gasteiger partial charge in [0, 0.05) is 11.1 Å². The summed E-state index contributed by atoms with van der Waals surface area (Å²) in [6, 6.07) is 19.9. The van der Waals surface area contributed by atoms with E-state index in [0.29, 0.717) is 21.3 Å². The minimum atomic E-state index is -0.434. The lowest BCUT2D eigenvalue weighted by Crippen LogP contribution is -2.17. The number of nitrogens with one attached hydrogen (secondary N) is 1. The highest BCUT2D eigenvalue weighted by Crippen LogP contribution is 2.26. The van der Waals surface area contributed by atoms with Crippen LogP contribution >= 0.6 is 15.9 Å². The summed E-state index contributed by atoms with van der Waals surface area (Å²) in [7, 11) is 0. The van der Waals surface area contributed by atoms with Crippen LogP contribution in [0.15, 0.2) is 76.3 Å². The number of carbonyl (C=O) groups excluding carboxylic acids is 1. The Morgan fingerprint density at radius 2 is 1.93 bits per heavy atom. The van der Waals surface area contributed by atoms with Crippen molar-refractivity contribution in [1.29, 1.82) is 5.26 Å². The highest BCUT2D eigenvalue weighted by atomic mass is 79.9. The van der Waals surface area contributed by atoms with Gasteiger partial charge in [-0.15, -0.1) is 0 Å². The van der Waals surface area contributed by atoms with Gasteiger partial charge in [-0.3, -0.25) is 4.79 Å². The van der Waals surface area contributed by atoms with Crippen molar-refractivity contribution in [1.82, 2.24) is 5.43 Å². The highest BCUT2D eigenvalue weighted by molar-refractivity contribution is 9.10. The fourth-order valence-corrected chi connectivity index (χ4v) is 2.97. The third-order valence-corrected chi connectivity index (χ3v) is 4.58. The summed E-state index contributed by atoms with van der Waals surface area (Å²) in [5.41, 5.74) is 4.81. The van der Waals surface area contributed by atoms with E-state index in [9.17, 15) is 9.18 Å². The van der Waals surface area contributed by atoms with Crippen LogP contribution in [0, 0.1) is 17.1 Å². The summed E-state index contributed by atoms with van der Waals surface area (Å²) in [6.45, 7) is 0.267. The van der Waals surface area contributed by atoms with E-state index in [4.69, 9.17) is 10.00 Å². The van der Waals surface area contributed by atoms with Crippen molar-refractivity contribution in [2.75, 3.05) is 0 Å². The summed E-state index contributed by atoms with van der Waals surface area (Å²) in [6.07, 6.45) is 1.49. The van der Waals surface area contributed by atoms with Gasteiger partial charge in [-0.25, -0.2) is 9.82 Å². The maximum Gasteiger partial charge on any atom is 0.271 e. The van der Waals surface area contributed by atoms with E-state index in [-0.39, 0.29) is 6.61 Å². The molecule has 0 aliphatic carbocycles. The Morgan fingerprint density at radius 3 is 2.66 bits per heavy atom. The van der Waals surface area contributed by atoms with E-state index in [2.05, 4.69) is 32.5 Å². The minimum absolute atomic E-state index is 0.267. The fraction of sp³-hybridized carbons (Fsp3) is 0.0455. The lowest BCUT2D eigenvalue weighted by Gasteiger charge is -2.10. The van der Waals surface area contributed by atoms with Crippen LogP contribution in [0.25, 0.3) is 0 Å². The molecule has 5 nitrogen and oxygen atoms in total. The Bertz CT molecular complexity index is 1090. The van der Waals surface area contributed by atoms with Gasteiger partial charge in [0.05, 0.1) is 22.3 Å². The van der Waals surface area contributed by atoms with Crippen LogP contribution in [-0.4, -0.2) is 12.1 Å². The van der Waals surface area contributed by atoms with Crippen LogP contribution < -0.4 is 10.2 Å². The molecule has 0 atom stereocenters. The molecule has 3 aromatic rings. The van der Waals surface area contributed by atoms with Gasteiger partial charge in [0.1, 0.15) is 18.2 Å². The summed E-state index contributed by atoms with van der Waals surface area (Å²) in [4.78, 5) is 11.9. The SMILES string of the molecule is N#Cc1ccccc1COc1ccc(/C=N\NC(=O)c2ccc(F)cc2)cc1Br. The third-order valence-electron chi connectivity index (χ3n) is 3.96. The van der Waals surface area contributed by atoms with Crippen molar-refractivity contribution < 1.29 is 13.9 Å². The van der Waals surface area contributed by atoms with Crippen molar-refractivity contribution in [2.45, 2.75) is 6.61 Å². The molecule has 0 fully saturated rings. The zero-order valence-corrected chi connectivity index (χ0v) is 16.7.